The van der Waals surface area contributed by atoms with Crippen LogP contribution in [-0.2, 0) is 0 Å². The van der Waals surface area contributed by atoms with Crippen LogP contribution in [0.15, 0.2) is 182 Å². The van der Waals surface area contributed by atoms with E-state index in [1.54, 1.807) is 0 Å². The van der Waals surface area contributed by atoms with Crippen molar-refractivity contribution in [1.82, 2.24) is 9.13 Å². The minimum absolute atomic E-state index is 1.16. The van der Waals surface area contributed by atoms with E-state index in [2.05, 4.69) is 191 Å². The molecule has 9 aromatic carbocycles. The molecule has 0 aliphatic heterocycles. The lowest BCUT2D eigenvalue weighted by Gasteiger charge is -2.12. The van der Waals surface area contributed by atoms with Crippen molar-refractivity contribution < 1.29 is 0 Å². The van der Waals surface area contributed by atoms with Crippen LogP contribution in [0, 0.1) is 0 Å². The molecule has 232 valence electrons. The average Bonchev–Trinajstić information content (AvgIpc) is 3.69. The molecule has 0 amide bonds. The van der Waals surface area contributed by atoms with Gasteiger partial charge in [0.15, 0.2) is 0 Å². The summed E-state index contributed by atoms with van der Waals surface area (Å²) >= 11 is 0. The van der Waals surface area contributed by atoms with Gasteiger partial charge in [-0.3, -0.25) is 0 Å². The Labute approximate surface area is 288 Å². The highest BCUT2D eigenvalue weighted by molar-refractivity contribution is 6.26. The fraction of sp³-hybridized carbons (Fsp3) is 0. The van der Waals surface area contributed by atoms with Crippen molar-refractivity contribution in [3.63, 3.8) is 0 Å². The predicted molar refractivity (Wildman–Crippen MR) is 213 cm³/mol. The average molecular weight is 635 g/mol. The molecular formula is C48H30N2. The van der Waals surface area contributed by atoms with Gasteiger partial charge < -0.3 is 9.13 Å². The summed E-state index contributed by atoms with van der Waals surface area (Å²) in [7, 11) is 0. The number of fused-ring (bicyclic) bond motifs is 12. The molecule has 0 aliphatic rings. The van der Waals surface area contributed by atoms with Gasteiger partial charge in [-0.05, 0) is 104 Å². The first-order valence-corrected chi connectivity index (χ1v) is 17.3. The Kier molecular flexibility index (Phi) is 5.70. The molecule has 0 saturated carbocycles. The summed E-state index contributed by atoms with van der Waals surface area (Å²) in [5, 5.41) is 12.8. The molecule has 0 radical (unpaired) electrons. The van der Waals surface area contributed by atoms with Gasteiger partial charge in [0, 0.05) is 32.9 Å². The van der Waals surface area contributed by atoms with E-state index in [1.807, 2.05) is 0 Å². The minimum atomic E-state index is 1.16. The maximum absolute atomic E-state index is 2.43. The molecule has 0 unspecified atom stereocenters. The molecule has 0 atom stereocenters. The summed E-state index contributed by atoms with van der Waals surface area (Å²) in [6, 6.07) is 66.8. The van der Waals surface area contributed by atoms with Gasteiger partial charge in [0.25, 0.3) is 0 Å². The molecule has 0 saturated heterocycles. The topological polar surface area (TPSA) is 9.86 Å². The van der Waals surface area contributed by atoms with Crippen molar-refractivity contribution >= 4 is 75.9 Å². The quantitative estimate of drug-likeness (QED) is 0.171. The molecule has 0 aliphatic carbocycles. The van der Waals surface area contributed by atoms with Crippen molar-refractivity contribution in [3.8, 4) is 22.5 Å². The molecule has 0 spiro atoms. The highest BCUT2D eigenvalue weighted by Crippen LogP contribution is 2.42. The number of para-hydroxylation sites is 3. The normalized spacial score (nSPS) is 12.0. The Bertz CT molecular complexity index is 3090. The van der Waals surface area contributed by atoms with E-state index in [4.69, 9.17) is 0 Å². The minimum Gasteiger partial charge on any atom is -0.309 e. The van der Waals surface area contributed by atoms with Crippen molar-refractivity contribution in [2.45, 2.75) is 0 Å². The van der Waals surface area contributed by atoms with Crippen LogP contribution in [0.2, 0.25) is 0 Å². The molecule has 0 fully saturated rings. The van der Waals surface area contributed by atoms with E-state index in [0.29, 0.717) is 0 Å². The fourth-order valence-corrected chi connectivity index (χ4v) is 8.46. The summed E-state index contributed by atoms with van der Waals surface area (Å²) < 4.78 is 4.85. The van der Waals surface area contributed by atoms with Gasteiger partial charge in [-0.2, -0.15) is 0 Å². The largest absolute Gasteiger partial charge is 0.309 e. The van der Waals surface area contributed by atoms with Crippen LogP contribution in [0.3, 0.4) is 0 Å². The Morgan fingerprint density at radius 3 is 1.18 bits per heavy atom. The molecule has 11 aromatic rings. The first-order valence-electron chi connectivity index (χ1n) is 17.3. The van der Waals surface area contributed by atoms with Crippen molar-refractivity contribution in [3.05, 3.63) is 182 Å². The predicted octanol–water partition coefficient (Wildman–Crippen LogP) is 13.0. The maximum Gasteiger partial charge on any atom is 0.0548 e. The second-order valence-corrected chi connectivity index (χ2v) is 13.3. The number of hydrogen-bond acceptors (Lipinski definition) is 0. The molecule has 0 bridgehead atoms. The zero-order valence-corrected chi connectivity index (χ0v) is 27.2. The van der Waals surface area contributed by atoms with Gasteiger partial charge in [-0.15, -0.1) is 0 Å². The van der Waals surface area contributed by atoms with Gasteiger partial charge in [-0.1, -0.05) is 121 Å². The number of aromatic nitrogens is 2. The second-order valence-electron chi connectivity index (χ2n) is 13.3. The van der Waals surface area contributed by atoms with Crippen LogP contribution in [0.5, 0.6) is 0 Å². The molecule has 50 heavy (non-hydrogen) atoms. The summed E-state index contributed by atoms with van der Waals surface area (Å²) in [4.78, 5) is 0. The molecule has 2 nitrogen and oxygen atoms in total. The molecule has 2 heteroatoms. The lowest BCUT2D eigenvalue weighted by molar-refractivity contribution is 1.17. The smallest absolute Gasteiger partial charge is 0.0548 e. The molecule has 2 aromatic heterocycles. The monoisotopic (exact) mass is 634 g/mol. The van der Waals surface area contributed by atoms with Crippen molar-refractivity contribution in [2.24, 2.45) is 0 Å². The number of benzene rings is 9. The van der Waals surface area contributed by atoms with Crippen molar-refractivity contribution in [2.75, 3.05) is 0 Å². The second kappa shape index (κ2) is 10.4. The number of hydrogen-bond donors (Lipinski definition) is 0. The van der Waals surface area contributed by atoms with Crippen LogP contribution in [0.1, 0.15) is 0 Å². The Morgan fingerprint density at radius 2 is 0.600 bits per heavy atom. The van der Waals surface area contributed by atoms with E-state index in [9.17, 15) is 0 Å². The SMILES string of the molecule is c1ccc(-n2c3ccccc3c3cc4c(cc32)c2cc(-c3ccc5c6ccccc6c6ccccc6c5c3)ccc2n4-c2ccccc2)cc1. The van der Waals surface area contributed by atoms with Gasteiger partial charge in [0.1, 0.15) is 0 Å². The van der Waals surface area contributed by atoms with E-state index in [0.717, 1.165) is 5.69 Å². The lowest BCUT2D eigenvalue weighted by Crippen LogP contribution is -1.94. The summed E-state index contributed by atoms with van der Waals surface area (Å²) in [6.07, 6.45) is 0. The standard InChI is InChI=1S/C48H30N2/c1-3-13-33(14-4-1)49-45-22-12-11-21-40(45)43-29-48-44(30-47(43)49)42-28-32(24-26-46(42)50(48)34-15-5-2-6-16-34)31-23-25-39-37-19-8-7-17-35(37)36-18-9-10-20-38(36)41(39)27-31/h1-30H. The fourth-order valence-electron chi connectivity index (χ4n) is 8.46. The summed E-state index contributed by atoms with van der Waals surface area (Å²) in [5.41, 5.74) is 9.61. The van der Waals surface area contributed by atoms with Gasteiger partial charge in [0.05, 0.1) is 22.1 Å². The van der Waals surface area contributed by atoms with E-state index >= 15 is 0 Å². The Morgan fingerprint density at radius 1 is 0.220 bits per heavy atom. The third-order valence-electron chi connectivity index (χ3n) is 10.7. The van der Waals surface area contributed by atoms with E-state index in [1.165, 1.54) is 92.7 Å². The third kappa shape index (κ3) is 3.85. The lowest BCUT2D eigenvalue weighted by atomic mass is 9.92. The molecular weight excluding hydrogens is 605 g/mol. The number of rotatable bonds is 3. The molecule has 2 heterocycles. The first-order chi connectivity index (χ1) is 24.8. The van der Waals surface area contributed by atoms with Gasteiger partial charge in [0.2, 0.25) is 0 Å². The van der Waals surface area contributed by atoms with Crippen LogP contribution < -0.4 is 0 Å². The van der Waals surface area contributed by atoms with E-state index in [-0.39, 0.29) is 0 Å². The summed E-state index contributed by atoms with van der Waals surface area (Å²) in [5.74, 6) is 0. The van der Waals surface area contributed by atoms with Crippen LogP contribution >= 0.6 is 0 Å². The maximum atomic E-state index is 2.43. The van der Waals surface area contributed by atoms with Crippen LogP contribution in [0.4, 0.5) is 0 Å². The molecule has 0 N–H and O–H groups in total. The zero-order chi connectivity index (χ0) is 32.8. The first kappa shape index (κ1) is 27.3. The zero-order valence-electron chi connectivity index (χ0n) is 27.2. The molecule has 11 rings (SSSR count). The highest BCUT2D eigenvalue weighted by atomic mass is 15.0. The van der Waals surface area contributed by atoms with Gasteiger partial charge in [-0.25, -0.2) is 0 Å². The highest BCUT2D eigenvalue weighted by Gasteiger charge is 2.19. The summed E-state index contributed by atoms with van der Waals surface area (Å²) in [6.45, 7) is 0. The van der Waals surface area contributed by atoms with Crippen molar-refractivity contribution in [1.29, 1.82) is 0 Å². The van der Waals surface area contributed by atoms with Gasteiger partial charge >= 0.3 is 0 Å². The van der Waals surface area contributed by atoms with Crippen LogP contribution in [0.25, 0.3) is 98.4 Å². The number of nitrogens with zero attached hydrogens (tertiary/aromatic N) is 2. The third-order valence-corrected chi connectivity index (χ3v) is 10.7. The van der Waals surface area contributed by atoms with Crippen LogP contribution in [-0.4, -0.2) is 9.13 Å². The Hall–Kier alpha value is -6.64. The van der Waals surface area contributed by atoms with E-state index < -0.39 is 0 Å². The Balaban J connectivity index is 1.22.